The van der Waals surface area contributed by atoms with Gasteiger partial charge in [0.1, 0.15) is 6.07 Å². The van der Waals surface area contributed by atoms with E-state index in [-0.39, 0.29) is 5.69 Å². The van der Waals surface area contributed by atoms with Gasteiger partial charge in [-0.25, -0.2) is 9.97 Å². The molecule has 2 heterocycles. The van der Waals surface area contributed by atoms with Crippen LogP contribution in [0.15, 0.2) is 48.1 Å². The molecule has 0 spiro atoms. The van der Waals surface area contributed by atoms with Crippen molar-refractivity contribution in [3.8, 4) is 16.5 Å². The lowest BCUT2D eigenvalue weighted by Gasteiger charge is -2.08. The molecule has 0 fully saturated rings. The molecule has 1 aromatic carbocycles. The fourth-order valence-corrected chi connectivity index (χ4v) is 2.98. The largest absolute Gasteiger partial charge is 0.338 e. The minimum atomic E-state index is 0.287. The Labute approximate surface area is 126 Å². The molecule has 2 aromatic heterocycles. The van der Waals surface area contributed by atoms with Crippen molar-refractivity contribution in [3.05, 3.63) is 59.4 Å². The second-order valence-electron chi connectivity index (χ2n) is 4.50. The van der Waals surface area contributed by atoms with Gasteiger partial charge in [-0.15, -0.1) is 11.3 Å². The van der Waals surface area contributed by atoms with E-state index in [0.717, 1.165) is 11.3 Å². The van der Waals surface area contributed by atoms with E-state index < -0.39 is 0 Å². The summed E-state index contributed by atoms with van der Waals surface area (Å²) in [5.41, 5.74) is 3.58. The number of nitriles is 1. The van der Waals surface area contributed by atoms with E-state index in [0.29, 0.717) is 5.82 Å². The van der Waals surface area contributed by atoms with Crippen molar-refractivity contribution in [1.82, 2.24) is 9.97 Å². The van der Waals surface area contributed by atoms with E-state index in [9.17, 15) is 0 Å². The van der Waals surface area contributed by atoms with Crippen molar-refractivity contribution in [2.75, 3.05) is 5.32 Å². The fourth-order valence-electron chi connectivity index (χ4n) is 2.05. The molecule has 0 aliphatic carbocycles. The van der Waals surface area contributed by atoms with Crippen molar-refractivity contribution >= 4 is 22.8 Å². The molecule has 3 aromatic rings. The lowest BCUT2D eigenvalue weighted by atomic mass is 10.1. The molecular formula is C16H12N4S. The quantitative estimate of drug-likeness (QED) is 0.788. The number of nitrogens with one attached hydrogen (secondary N) is 1. The highest BCUT2D eigenvalue weighted by Crippen LogP contribution is 2.31. The average Bonchev–Trinajstić information content (AvgIpc) is 2.94. The smallest absolute Gasteiger partial charge is 0.183 e. The van der Waals surface area contributed by atoms with Crippen LogP contribution in [0.5, 0.6) is 0 Å². The monoisotopic (exact) mass is 292 g/mol. The molecular weight excluding hydrogens is 280 g/mol. The van der Waals surface area contributed by atoms with Crippen molar-refractivity contribution in [2.24, 2.45) is 0 Å². The molecule has 21 heavy (non-hydrogen) atoms. The number of rotatable bonds is 3. The summed E-state index contributed by atoms with van der Waals surface area (Å²) in [6, 6.07) is 12.2. The number of anilines is 2. The number of hydrogen-bond acceptors (Lipinski definition) is 5. The summed E-state index contributed by atoms with van der Waals surface area (Å²) in [6.07, 6.45) is 3.08. The first kappa shape index (κ1) is 13.3. The van der Waals surface area contributed by atoms with Crippen LogP contribution in [0.3, 0.4) is 0 Å². The molecule has 0 amide bonds. The minimum absolute atomic E-state index is 0.287. The van der Waals surface area contributed by atoms with Crippen molar-refractivity contribution in [2.45, 2.75) is 6.92 Å². The van der Waals surface area contributed by atoms with Crippen molar-refractivity contribution in [1.29, 1.82) is 5.26 Å². The first-order chi connectivity index (χ1) is 10.3. The molecule has 0 unspecified atom stereocenters. The third-order valence-corrected chi connectivity index (χ3v) is 4.12. The van der Waals surface area contributed by atoms with Crippen molar-refractivity contribution in [3.63, 3.8) is 0 Å². The average molecular weight is 292 g/mol. The highest BCUT2D eigenvalue weighted by molar-refractivity contribution is 7.13. The van der Waals surface area contributed by atoms with Gasteiger partial charge in [-0.1, -0.05) is 12.1 Å². The molecule has 4 nitrogen and oxygen atoms in total. The lowest BCUT2D eigenvalue weighted by molar-refractivity contribution is 1.16. The molecule has 5 heteroatoms. The highest BCUT2D eigenvalue weighted by Gasteiger charge is 2.07. The molecule has 0 saturated carbocycles. The summed E-state index contributed by atoms with van der Waals surface area (Å²) in [7, 11) is 0. The predicted octanol–water partition coefficient (Wildman–Crippen LogP) is 4.13. The zero-order valence-electron chi connectivity index (χ0n) is 11.4. The maximum absolute atomic E-state index is 9.05. The van der Waals surface area contributed by atoms with E-state index in [1.807, 2.05) is 18.2 Å². The van der Waals surface area contributed by atoms with Gasteiger partial charge in [-0.3, -0.25) is 0 Å². The Hall–Kier alpha value is -2.71. The van der Waals surface area contributed by atoms with Gasteiger partial charge in [0.15, 0.2) is 11.5 Å². The van der Waals surface area contributed by atoms with Gasteiger partial charge < -0.3 is 5.32 Å². The van der Waals surface area contributed by atoms with Crippen LogP contribution in [-0.4, -0.2) is 9.97 Å². The lowest BCUT2D eigenvalue weighted by Crippen LogP contribution is -1.98. The van der Waals surface area contributed by atoms with E-state index in [1.165, 1.54) is 16.6 Å². The van der Waals surface area contributed by atoms with Crippen LogP contribution in [0.25, 0.3) is 10.4 Å². The topological polar surface area (TPSA) is 61.6 Å². The normalized spacial score (nSPS) is 10.1. The van der Waals surface area contributed by atoms with Gasteiger partial charge in [0, 0.05) is 23.0 Å². The Morgan fingerprint density at radius 1 is 1.19 bits per heavy atom. The molecule has 0 aliphatic heterocycles. The Bertz CT molecular complexity index is 817. The minimum Gasteiger partial charge on any atom is -0.338 e. The second kappa shape index (κ2) is 5.73. The maximum Gasteiger partial charge on any atom is 0.183 e. The first-order valence-corrected chi connectivity index (χ1v) is 7.28. The van der Waals surface area contributed by atoms with Gasteiger partial charge in [0.25, 0.3) is 0 Å². The number of nitrogens with zero attached hydrogens (tertiary/aromatic N) is 3. The van der Waals surface area contributed by atoms with Gasteiger partial charge in [0.2, 0.25) is 0 Å². The molecule has 0 atom stereocenters. The summed E-state index contributed by atoms with van der Waals surface area (Å²) in [4.78, 5) is 9.41. The van der Waals surface area contributed by atoms with Gasteiger partial charge in [0.05, 0.1) is 0 Å². The predicted molar refractivity (Wildman–Crippen MR) is 84.5 cm³/mol. The summed E-state index contributed by atoms with van der Waals surface area (Å²) < 4.78 is 0. The SMILES string of the molecule is Cc1ccsc1-c1cccc(Nc2nccnc2C#N)c1. The highest BCUT2D eigenvalue weighted by atomic mass is 32.1. The van der Waals surface area contributed by atoms with Crippen LogP contribution in [0, 0.1) is 18.3 Å². The third-order valence-electron chi connectivity index (χ3n) is 3.05. The number of benzene rings is 1. The standard InChI is InChI=1S/C16H12N4S/c1-11-5-8-21-15(11)12-3-2-4-13(9-12)20-16-14(10-17)18-6-7-19-16/h2-9H,1H3,(H,19,20). The molecule has 0 aliphatic rings. The van der Waals surface area contributed by atoms with Gasteiger partial charge in [-0.05, 0) is 41.6 Å². The van der Waals surface area contributed by atoms with Crippen molar-refractivity contribution < 1.29 is 0 Å². The summed E-state index contributed by atoms with van der Waals surface area (Å²) in [5.74, 6) is 0.472. The van der Waals surface area contributed by atoms with Crippen LogP contribution < -0.4 is 5.32 Å². The second-order valence-corrected chi connectivity index (χ2v) is 5.42. The number of hydrogen-bond donors (Lipinski definition) is 1. The van der Waals surface area contributed by atoms with Gasteiger partial charge >= 0.3 is 0 Å². The van der Waals surface area contributed by atoms with Crippen LogP contribution in [-0.2, 0) is 0 Å². The Balaban J connectivity index is 1.94. The zero-order valence-corrected chi connectivity index (χ0v) is 12.2. The van der Waals surface area contributed by atoms with E-state index in [1.54, 1.807) is 17.5 Å². The van der Waals surface area contributed by atoms with Crippen LogP contribution in [0.4, 0.5) is 11.5 Å². The molecule has 3 rings (SSSR count). The van der Waals surface area contributed by atoms with Crippen LogP contribution in [0.1, 0.15) is 11.3 Å². The number of aryl methyl sites for hydroxylation is 1. The maximum atomic E-state index is 9.05. The van der Waals surface area contributed by atoms with E-state index in [4.69, 9.17) is 5.26 Å². The summed E-state index contributed by atoms with van der Waals surface area (Å²) >= 11 is 1.72. The first-order valence-electron chi connectivity index (χ1n) is 6.40. The van der Waals surface area contributed by atoms with Crippen LogP contribution in [0.2, 0.25) is 0 Å². The molecule has 0 bridgehead atoms. The fraction of sp³-hybridized carbons (Fsp3) is 0.0625. The Morgan fingerprint density at radius 3 is 2.81 bits per heavy atom. The summed E-state index contributed by atoms with van der Waals surface area (Å²) in [6.45, 7) is 2.10. The van der Waals surface area contributed by atoms with Gasteiger partial charge in [-0.2, -0.15) is 5.26 Å². The number of thiophene rings is 1. The molecule has 0 saturated heterocycles. The molecule has 0 radical (unpaired) electrons. The molecule has 102 valence electrons. The van der Waals surface area contributed by atoms with E-state index in [2.05, 4.69) is 45.8 Å². The number of aromatic nitrogens is 2. The van der Waals surface area contributed by atoms with Crippen LogP contribution >= 0.6 is 11.3 Å². The molecule has 1 N–H and O–H groups in total. The Kier molecular flexibility index (Phi) is 3.63. The third kappa shape index (κ3) is 2.76. The zero-order chi connectivity index (χ0) is 14.7. The van der Waals surface area contributed by atoms with E-state index >= 15 is 0 Å². The Morgan fingerprint density at radius 2 is 2.05 bits per heavy atom. The summed E-state index contributed by atoms with van der Waals surface area (Å²) in [5, 5.41) is 14.3.